The highest BCUT2D eigenvalue weighted by molar-refractivity contribution is 6.32. The zero-order valence-corrected chi connectivity index (χ0v) is 17.1. The van der Waals surface area contributed by atoms with Crippen LogP contribution in [0.1, 0.15) is 35.8 Å². The first-order valence-corrected chi connectivity index (χ1v) is 9.47. The maximum absolute atomic E-state index is 12.7. The number of pyridine rings is 1. The van der Waals surface area contributed by atoms with Gasteiger partial charge in [0.2, 0.25) is 0 Å². The van der Waals surface area contributed by atoms with Crippen molar-refractivity contribution in [1.29, 1.82) is 0 Å². The van der Waals surface area contributed by atoms with Crippen molar-refractivity contribution in [2.75, 3.05) is 19.0 Å². The quantitative estimate of drug-likeness (QED) is 0.587. The minimum absolute atomic E-state index is 0.147. The number of benzene rings is 2. The zero-order valence-electron chi connectivity index (χ0n) is 16.4. The molecule has 1 aromatic heterocycles. The fourth-order valence-corrected chi connectivity index (χ4v) is 3.07. The molecule has 0 spiro atoms. The third kappa shape index (κ3) is 4.84. The Balaban J connectivity index is 1.72. The lowest BCUT2D eigenvalue weighted by atomic mass is 10.0. The second-order valence-electron chi connectivity index (χ2n) is 6.74. The van der Waals surface area contributed by atoms with Crippen molar-refractivity contribution in [3.05, 3.63) is 64.8 Å². The van der Waals surface area contributed by atoms with Gasteiger partial charge in [0.1, 0.15) is 5.75 Å². The van der Waals surface area contributed by atoms with E-state index in [9.17, 15) is 9.59 Å². The standard InChI is InChI=1S/C22H21ClN2O4/c1-13(2)19-11-16(15-6-4-5-7-18(15)25-19)22(27)29-12-21(26)24-14-8-9-20(28-3)17(23)10-14/h4-11,13H,12H2,1-3H3,(H,24,26). The summed E-state index contributed by atoms with van der Waals surface area (Å²) < 4.78 is 10.3. The second-order valence-corrected chi connectivity index (χ2v) is 7.15. The van der Waals surface area contributed by atoms with Crippen LogP contribution in [0.3, 0.4) is 0 Å². The van der Waals surface area contributed by atoms with Crippen molar-refractivity contribution >= 4 is 40.1 Å². The van der Waals surface area contributed by atoms with Crippen LogP contribution in [0.4, 0.5) is 5.69 Å². The van der Waals surface area contributed by atoms with Crippen LogP contribution in [0.5, 0.6) is 5.75 Å². The molecule has 0 saturated carbocycles. The Kier molecular flexibility index (Phi) is 6.34. The van der Waals surface area contributed by atoms with Gasteiger partial charge in [-0.3, -0.25) is 9.78 Å². The van der Waals surface area contributed by atoms with Gasteiger partial charge in [-0.2, -0.15) is 0 Å². The molecule has 6 nitrogen and oxygen atoms in total. The number of amides is 1. The molecule has 0 atom stereocenters. The lowest BCUT2D eigenvalue weighted by Crippen LogP contribution is -2.21. The summed E-state index contributed by atoms with van der Waals surface area (Å²) in [5.41, 5.74) is 2.36. The van der Waals surface area contributed by atoms with Gasteiger partial charge in [0, 0.05) is 16.8 Å². The molecule has 1 heterocycles. The van der Waals surface area contributed by atoms with Crippen LogP contribution in [0.2, 0.25) is 5.02 Å². The molecular weight excluding hydrogens is 392 g/mol. The zero-order chi connectivity index (χ0) is 21.0. The number of hydrogen-bond donors (Lipinski definition) is 1. The summed E-state index contributed by atoms with van der Waals surface area (Å²) >= 11 is 6.05. The number of nitrogens with one attached hydrogen (secondary N) is 1. The summed E-state index contributed by atoms with van der Waals surface area (Å²) in [6.07, 6.45) is 0. The monoisotopic (exact) mass is 412 g/mol. The summed E-state index contributed by atoms with van der Waals surface area (Å²) in [6, 6.07) is 13.9. The van der Waals surface area contributed by atoms with E-state index in [1.54, 1.807) is 24.3 Å². The highest BCUT2D eigenvalue weighted by Gasteiger charge is 2.17. The number of rotatable bonds is 6. The number of carbonyl (C=O) groups excluding carboxylic acids is 2. The Hall–Kier alpha value is -3.12. The summed E-state index contributed by atoms with van der Waals surface area (Å²) in [5, 5.41) is 3.69. The van der Waals surface area contributed by atoms with Gasteiger partial charge in [0.15, 0.2) is 6.61 Å². The maximum Gasteiger partial charge on any atom is 0.339 e. The van der Waals surface area contributed by atoms with Crippen LogP contribution in [0, 0.1) is 0 Å². The molecule has 3 rings (SSSR count). The molecule has 0 aliphatic carbocycles. The third-order valence-electron chi connectivity index (χ3n) is 4.32. The van der Waals surface area contributed by atoms with Crippen molar-refractivity contribution in [2.24, 2.45) is 0 Å². The van der Waals surface area contributed by atoms with E-state index < -0.39 is 18.5 Å². The number of aromatic nitrogens is 1. The minimum Gasteiger partial charge on any atom is -0.495 e. The van der Waals surface area contributed by atoms with Crippen LogP contribution in [0.25, 0.3) is 10.9 Å². The predicted octanol–water partition coefficient (Wildman–Crippen LogP) is 4.82. The molecule has 0 aliphatic heterocycles. The molecule has 1 N–H and O–H groups in total. The van der Waals surface area contributed by atoms with Crippen molar-refractivity contribution in [3.63, 3.8) is 0 Å². The normalized spacial score (nSPS) is 10.8. The van der Waals surface area contributed by atoms with Crippen molar-refractivity contribution in [3.8, 4) is 5.75 Å². The molecule has 0 aliphatic rings. The first-order chi connectivity index (χ1) is 13.9. The van der Waals surface area contributed by atoms with Crippen LogP contribution < -0.4 is 10.1 Å². The fraction of sp³-hybridized carbons (Fsp3) is 0.227. The summed E-state index contributed by atoms with van der Waals surface area (Å²) in [7, 11) is 1.51. The third-order valence-corrected chi connectivity index (χ3v) is 4.61. The van der Waals surface area contributed by atoms with E-state index in [2.05, 4.69) is 10.3 Å². The van der Waals surface area contributed by atoms with Crippen molar-refractivity contribution in [1.82, 2.24) is 4.98 Å². The highest BCUT2D eigenvalue weighted by atomic mass is 35.5. The van der Waals surface area contributed by atoms with Crippen molar-refractivity contribution < 1.29 is 19.1 Å². The first-order valence-electron chi connectivity index (χ1n) is 9.09. The van der Waals surface area contributed by atoms with Crippen molar-refractivity contribution in [2.45, 2.75) is 19.8 Å². The Morgan fingerprint density at radius 1 is 1.14 bits per heavy atom. The predicted molar refractivity (Wildman–Crippen MR) is 113 cm³/mol. The summed E-state index contributed by atoms with van der Waals surface area (Å²) in [6.45, 7) is 3.58. The average Bonchev–Trinajstić information content (AvgIpc) is 2.71. The molecule has 29 heavy (non-hydrogen) atoms. The molecule has 0 unspecified atom stereocenters. The van der Waals surface area contributed by atoms with Crippen LogP contribution >= 0.6 is 11.6 Å². The number of anilines is 1. The first kappa shape index (κ1) is 20.6. The van der Waals surface area contributed by atoms with Gasteiger partial charge >= 0.3 is 5.97 Å². The molecular formula is C22H21ClN2O4. The van der Waals surface area contributed by atoms with Gasteiger partial charge in [-0.15, -0.1) is 0 Å². The van der Waals surface area contributed by atoms with Gasteiger partial charge in [0.05, 0.1) is 23.2 Å². The molecule has 0 bridgehead atoms. The van der Waals surface area contributed by atoms with E-state index >= 15 is 0 Å². The fourth-order valence-electron chi connectivity index (χ4n) is 2.81. The Morgan fingerprint density at radius 2 is 1.90 bits per heavy atom. The number of methoxy groups -OCH3 is 1. The molecule has 7 heteroatoms. The molecule has 0 radical (unpaired) electrons. The van der Waals surface area contributed by atoms with Crippen LogP contribution in [0.15, 0.2) is 48.5 Å². The average molecular weight is 413 g/mol. The number of nitrogens with zero attached hydrogens (tertiary/aromatic N) is 1. The Bertz CT molecular complexity index is 1070. The molecule has 1 amide bonds. The van der Waals surface area contributed by atoms with E-state index in [0.29, 0.717) is 32.9 Å². The van der Waals surface area contributed by atoms with E-state index in [4.69, 9.17) is 21.1 Å². The number of ether oxygens (including phenoxy) is 2. The van der Waals surface area contributed by atoms with Gasteiger partial charge in [0.25, 0.3) is 5.91 Å². The Morgan fingerprint density at radius 3 is 2.59 bits per heavy atom. The highest BCUT2D eigenvalue weighted by Crippen LogP contribution is 2.27. The topological polar surface area (TPSA) is 77.5 Å². The number of para-hydroxylation sites is 1. The molecule has 2 aromatic carbocycles. The second kappa shape index (κ2) is 8.92. The summed E-state index contributed by atoms with van der Waals surface area (Å²) in [5.74, 6) is -0.397. The molecule has 150 valence electrons. The van der Waals surface area contributed by atoms with Gasteiger partial charge in [-0.25, -0.2) is 4.79 Å². The minimum atomic E-state index is -0.576. The molecule has 0 saturated heterocycles. The number of carbonyl (C=O) groups is 2. The van der Waals surface area contributed by atoms with Gasteiger partial charge < -0.3 is 14.8 Å². The Labute approximate surface area is 173 Å². The number of hydrogen-bond acceptors (Lipinski definition) is 5. The SMILES string of the molecule is COc1ccc(NC(=O)COC(=O)c2cc(C(C)C)nc3ccccc23)cc1Cl. The van der Waals surface area contributed by atoms with E-state index in [1.807, 2.05) is 38.1 Å². The van der Waals surface area contributed by atoms with E-state index in [0.717, 1.165) is 5.69 Å². The smallest absolute Gasteiger partial charge is 0.339 e. The lowest BCUT2D eigenvalue weighted by molar-refractivity contribution is -0.119. The molecule has 0 fully saturated rings. The lowest BCUT2D eigenvalue weighted by Gasteiger charge is -2.12. The van der Waals surface area contributed by atoms with Gasteiger partial charge in [-0.05, 0) is 36.2 Å². The largest absolute Gasteiger partial charge is 0.495 e. The van der Waals surface area contributed by atoms with Gasteiger partial charge in [-0.1, -0.05) is 43.6 Å². The number of fused-ring (bicyclic) bond motifs is 1. The maximum atomic E-state index is 12.7. The number of halogens is 1. The molecule has 3 aromatic rings. The van der Waals surface area contributed by atoms with E-state index in [-0.39, 0.29) is 5.92 Å². The van der Waals surface area contributed by atoms with Crippen LogP contribution in [-0.2, 0) is 9.53 Å². The summed E-state index contributed by atoms with van der Waals surface area (Å²) in [4.78, 5) is 29.4. The number of esters is 1. The van der Waals surface area contributed by atoms with Crippen LogP contribution in [-0.4, -0.2) is 30.6 Å². The van der Waals surface area contributed by atoms with E-state index in [1.165, 1.54) is 7.11 Å².